The molecule has 0 aliphatic carbocycles. The van der Waals surface area contributed by atoms with Gasteiger partial charge in [-0.25, -0.2) is 0 Å². The molecule has 1 rings (SSSR count). The molecule has 1 aliphatic heterocycles. The van der Waals surface area contributed by atoms with Gasteiger partial charge in [0.25, 0.3) is 0 Å². The van der Waals surface area contributed by atoms with Crippen molar-refractivity contribution < 1.29 is 4.74 Å². The molecule has 0 N–H and O–H groups in total. The predicted octanol–water partition coefficient (Wildman–Crippen LogP) is 2.28. The van der Waals surface area contributed by atoms with E-state index in [1.165, 1.54) is 0 Å². The highest BCUT2D eigenvalue weighted by Gasteiger charge is 2.08. The molecule has 0 aromatic rings. The van der Waals surface area contributed by atoms with Crippen LogP contribution >= 0.6 is 0 Å². The summed E-state index contributed by atoms with van der Waals surface area (Å²) in [7, 11) is 0. The second-order valence-electron chi connectivity index (χ2n) is 2.45. The van der Waals surface area contributed by atoms with E-state index in [1.54, 1.807) is 6.08 Å². The second-order valence-corrected chi connectivity index (χ2v) is 2.45. The molecule has 1 unspecified atom stereocenters. The van der Waals surface area contributed by atoms with Crippen molar-refractivity contribution in [2.24, 2.45) is 5.92 Å². The van der Waals surface area contributed by atoms with Gasteiger partial charge in [0.2, 0.25) is 0 Å². The molecule has 0 bridgehead atoms. The van der Waals surface area contributed by atoms with Gasteiger partial charge in [-0.15, -0.1) is 0 Å². The minimum atomic E-state index is 0.560. The third-order valence-electron chi connectivity index (χ3n) is 1.36. The molecule has 1 heteroatoms. The van der Waals surface area contributed by atoms with E-state index in [9.17, 15) is 0 Å². The Hall–Kier alpha value is -0.980. The minimum absolute atomic E-state index is 0.560. The number of allylic oxidation sites excluding steroid dienone is 3. The second kappa shape index (κ2) is 3.25. The summed E-state index contributed by atoms with van der Waals surface area (Å²) in [6, 6.07) is 0. The van der Waals surface area contributed by atoms with Gasteiger partial charge in [0, 0.05) is 5.92 Å². The molecule has 10 heavy (non-hydrogen) atoms. The van der Waals surface area contributed by atoms with Crippen molar-refractivity contribution in [3.8, 4) is 0 Å². The first-order valence-corrected chi connectivity index (χ1v) is 3.46. The molecule has 1 aliphatic rings. The van der Waals surface area contributed by atoms with Crippen molar-refractivity contribution >= 4 is 0 Å². The monoisotopic (exact) mass is 136 g/mol. The van der Waals surface area contributed by atoms with Gasteiger partial charge in [-0.1, -0.05) is 25.7 Å². The zero-order chi connectivity index (χ0) is 7.40. The average molecular weight is 136 g/mol. The van der Waals surface area contributed by atoms with Crippen LogP contribution in [0.5, 0.6) is 0 Å². The highest BCUT2D eigenvalue weighted by Crippen LogP contribution is 2.15. The molecule has 54 valence electrons. The highest BCUT2D eigenvalue weighted by molar-refractivity contribution is 5.19. The average Bonchev–Trinajstić information content (AvgIpc) is 2.31. The van der Waals surface area contributed by atoms with E-state index in [1.807, 2.05) is 12.2 Å². The molecule has 1 nitrogen and oxygen atoms in total. The van der Waals surface area contributed by atoms with Gasteiger partial charge < -0.3 is 4.74 Å². The van der Waals surface area contributed by atoms with E-state index < -0.39 is 0 Å². The summed E-state index contributed by atoms with van der Waals surface area (Å²) < 4.78 is 5.29. The van der Waals surface area contributed by atoms with Gasteiger partial charge >= 0.3 is 0 Å². The first-order chi connectivity index (χ1) is 4.83. The molecular formula is C9H12O. The van der Waals surface area contributed by atoms with E-state index in [-0.39, 0.29) is 0 Å². The Morgan fingerprint density at radius 1 is 1.80 bits per heavy atom. The Balaban J connectivity index is 2.49. The van der Waals surface area contributed by atoms with Gasteiger partial charge in [0.15, 0.2) is 0 Å². The van der Waals surface area contributed by atoms with Crippen molar-refractivity contribution in [1.29, 1.82) is 0 Å². The van der Waals surface area contributed by atoms with E-state index >= 15 is 0 Å². The number of hydrogen-bond acceptors (Lipinski definition) is 1. The van der Waals surface area contributed by atoms with Gasteiger partial charge in [-0.3, -0.25) is 0 Å². The van der Waals surface area contributed by atoms with Gasteiger partial charge in [0.05, 0.1) is 6.61 Å². The van der Waals surface area contributed by atoms with E-state index in [2.05, 4.69) is 19.6 Å². The molecule has 0 spiro atoms. The van der Waals surface area contributed by atoms with Gasteiger partial charge in [-0.05, 0) is 12.2 Å². The van der Waals surface area contributed by atoms with Crippen molar-refractivity contribution in [3.05, 3.63) is 36.6 Å². The first-order valence-electron chi connectivity index (χ1n) is 3.46. The van der Waals surface area contributed by atoms with E-state index in [0.29, 0.717) is 5.92 Å². The number of ether oxygens (including phenoxy) is 1. The third-order valence-corrected chi connectivity index (χ3v) is 1.36. The van der Waals surface area contributed by atoms with Crippen LogP contribution in [0, 0.1) is 5.92 Å². The van der Waals surface area contributed by atoms with Crippen LogP contribution in [-0.2, 0) is 4.74 Å². The Labute approximate surface area is 61.7 Å². The maximum atomic E-state index is 5.29. The van der Waals surface area contributed by atoms with Crippen LogP contribution in [0.2, 0.25) is 0 Å². The minimum Gasteiger partial charge on any atom is -0.493 e. The van der Waals surface area contributed by atoms with Crippen molar-refractivity contribution in [2.45, 2.75) is 6.92 Å². The fraction of sp³-hybridized carbons (Fsp3) is 0.333. The van der Waals surface area contributed by atoms with Crippen LogP contribution in [0.4, 0.5) is 0 Å². The molecule has 0 amide bonds. The van der Waals surface area contributed by atoms with Crippen LogP contribution in [-0.4, -0.2) is 6.61 Å². The number of hydrogen-bond donors (Lipinski definition) is 0. The van der Waals surface area contributed by atoms with E-state index in [4.69, 9.17) is 4.74 Å². The maximum absolute atomic E-state index is 5.29. The molecule has 1 heterocycles. The highest BCUT2D eigenvalue weighted by atomic mass is 16.5. The molecule has 0 aromatic heterocycles. The molecule has 1 atom stereocenters. The largest absolute Gasteiger partial charge is 0.493 e. The molecule has 0 fully saturated rings. The quantitative estimate of drug-likeness (QED) is 0.529. The Kier molecular flexibility index (Phi) is 2.32. The SMILES string of the molecule is C=C/C=C\C1=CC(C)CO1. The molecule has 0 saturated heterocycles. The van der Waals surface area contributed by atoms with Crippen LogP contribution in [0.15, 0.2) is 36.6 Å². The standard InChI is InChI=1S/C9H12O/c1-3-4-5-9-6-8(2)7-10-9/h3-6,8H,1,7H2,2H3/b5-4-. The van der Waals surface area contributed by atoms with Gasteiger partial charge in [0.1, 0.15) is 5.76 Å². The van der Waals surface area contributed by atoms with Gasteiger partial charge in [-0.2, -0.15) is 0 Å². The van der Waals surface area contributed by atoms with Crippen molar-refractivity contribution in [2.75, 3.05) is 6.61 Å². The maximum Gasteiger partial charge on any atom is 0.115 e. The summed E-state index contributed by atoms with van der Waals surface area (Å²) >= 11 is 0. The lowest BCUT2D eigenvalue weighted by molar-refractivity contribution is 0.234. The Bertz CT molecular complexity index is 177. The summed E-state index contributed by atoms with van der Waals surface area (Å²) in [6.07, 6.45) is 7.66. The van der Waals surface area contributed by atoms with Crippen LogP contribution < -0.4 is 0 Å². The zero-order valence-corrected chi connectivity index (χ0v) is 6.21. The summed E-state index contributed by atoms with van der Waals surface area (Å²) in [5.74, 6) is 1.52. The molecule has 0 radical (unpaired) electrons. The van der Waals surface area contributed by atoms with Crippen LogP contribution in [0.25, 0.3) is 0 Å². The van der Waals surface area contributed by atoms with Crippen molar-refractivity contribution in [3.63, 3.8) is 0 Å². The molecule has 0 saturated carbocycles. The lowest BCUT2D eigenvalue weighted by Gasteiger charge is -1.95. The van der Waals surface area contributed by atoms with E-state index in [0.717, 1.165) is 12.4 Å². The predicted molar refractivity (Wildman–Crippen MR) is 42.5 cm³/mol. The normalized spacial score (nSPS) is 24.5. The zero-order valence-electron chi connectivity index (χ0n) is 6.21. The summed E-state index contributed by atoms with van der Waals surface area (Å²) in [6.45, 7) is 6.52. The summed E-state index contributed by atoms with van der Waals surface area (Å²) in [5, 5.41) is 0. The number of rotatable bonds is 2. The van der Waals surface area contributed by atoms with Crippen LogP contribution in [0.1, 0.15) is 6.92 Å². The molecular weight excluding hydrogens is 124 g/mol. The Morgan fingerprint density at radius 2 is 2.60 bits per heavy atom. The van der Waals surface area contributed by atoms with Crippen molar-refractivity contribution in [1.82, 2.24) is 0 Å². The lowest BCUT2D eigenvalue weighted by Crippen LogP contribution is -1.89. The van der Waals surface area contributed by atoms with Crippen LogP contribution in [0.3, 0.4) is 0 Å². The summed E-state index contributed by atoms with van der Waals surface area (Å²) in [4.78, 5) is 0. The fourth-order valence-electron chi connectivity index (χ4n) is 0.871. The molecule has 0 aromatic carbocycles. The Morgan fingerprint density at radius 3 is 3.10 bits per heavy atom. The first kappa shape index (κ1) is 7.13. The third kappa shape index (κ3) is 1.76. The smallest absolute Gasteiger partial charge is 0.115 e. The topological polar surface area (TPSA) is 9.23 Å². The summed E-state index contributed by atoms with van der Waals surface area (Å²) in [5.41, 5.74) is 0. The fourth-order valence-corrected chi connectivity index (χ4v) is 0.871. The lowest BCUT2D eigenvalue weighted by atomic mass is 10.2.